The first-order valence-electron chi connectivity index (χ1n) is 5.37. The highest BCUT2D eigenvalue weighted by Crippen LogP contribution is 2.30. The summed E-state index contributed by atoms with van der Waals surface area (Å²) in [6.07, 6.45) is 0. The SMILES string of the molecule is C.COc1ccc(-c2nc3ccccc3s2)cc1. The summed E-state index contributed by atoms with van der Waals surface area (Å²) < 4.78 is 6.37. The molecule has 0 aliphatic heterocycles. The van der Waals surface area contributed by atoms with Crippen molar-refractivity contribution >= 4 is 21.6 Å². The van der Waals surface area contributed by atoms with E-state index in [-0.39, 0.29) is 7.43 Å². The van der Waals surface area contributed by atoms with E-state index in [0.29, 0.717) is 0 Å². The van der Waals surface area contributed by atoms with Crippen LogP contribution in [0.5, 0.6) is 5.75 Å². The van der Waals surface area contributed by atoms with Gasteiger partial charge in [0.05, 0.1) is 17.3 Å². The van der Waals surface area contributed by atoms with Crippen molar-refractivity contribution in [1.29, 1.82) is 0 Å². The molecule has 1 heterocycles. The van der Waals surface area contributed by atoms with Gasteiger partial charge < -0.3 is 4.74 Å². The highest BCUT2D eigenvalue weighted by atomic mass is 32.1. The summed E-state index contributed by atoms with van der Waals surface area (Å²) >= 11 is 1.71. The number of hydrogen-bond donors (Lipinski definition) is 0. The molecule has 0 bridgehead atoms. The van der Waals surface area contributed by atoms with Crippen LogP contribution in [-0.2, 0) is 0 Å². The first kappa shape index (κ1) is 12.6. The second-order valence-electron chi connectivity index (χ2n) is 3.72. The fraction of sp³-hybridized carbons (Fsp3) is 0.133. The van der Waals surface area contributed by atoms with Crippen LogP contribution in [0, 0.1) is 0 Å². The molecule has 3 rings (SSSR count). The van der Waals surface area contributed by atoms with Crippen LogP contribution in [0.25, 0.3) is 20.8 Å². The van der Waals surface area contributed by atoms with Gasteiger partial charge in [-0.2, -0.15) is 0 Å². The van der Waals surface area contributed by atoms with Crippen molar-refractivity contribution in [1.82, 2.24) is 4.98 Å². The number of methoxy groups -OCH3 is 1. The van der Waals surface area contributed by atoms with Gasteiger partial charge in [-0.3, -0.25) is 0 Å². The van der Waals surface area contributed by atoms with Gasteiger partial charge >= 0.3 is 0 Å². The van der Waals surface area contributed by atoms with Gasteiger partial charge in [0.1, 0.15) is 10.8 Å². The van der Waals surface area contributed by atoms with Gasteiger partial charge in [0.15, 0.2) is 0 Å². The van der Waals surface area contributed by atoms with E-state index in [1.807, 2.05) is 42.5 Å². The molecule has 0 aliphatic rings. The molecule has 0 saturated carbocycles. The summed E-state index contributed by atoms with van der Waals surface area (Å²) in [5.41, 5.74) is 2.19. The van der Waals surface area contributed by atoms with Gasteiger partial charge in [-0.25, -0.2) is 4.98 Å². The minimum atomic E-state index is 0. The zero-order valence-electron chi connectivity index (χ0n) is 9.38. The Balaban J connectivity index is 0.00000120. The molecule has 3 aromatic rings. The highest BCUT2D eigenvalue weighted by Gasteiger charge is 2.05. The summed E-state index contributed by atoms with van der Waals surface area (Å²) in [7, 11) is 1.67. The minimum Gasteiger partial charge on any atom is -0.497 e. The molecule has 2 aromatic carbocycles. The van der Waals surface area contributed by atoms with Gasteiger partial charge in [-0.05, 0) is 36.4 Å². The molecule has 0 saturated heterocycles. The number of para-hydroxylation sites is 1. The number of ether oxygens (including phenoxy) is 1. The van der Waals surface area contributed by atoms with Crippen LogP contribution >= 0.6 is 11.3 Å². The lowest BCUT2D eigenvalue weighted by Gasteiger charge is -1.99. The van der Waals surface area contributed by atoms with E-state index in [1.54, 1.807) is 18.4 Å². The first-order chi connectivity index (χ1) is 8.36. The highest BCUT2D eigenvalue weighted by molar-refractivity contribution is 7.21. The van der Waals surface area contributed by atoms with E-state index in [2.05, 4.69) is 11.1 Å². The lowest BCUT2D eigenvalue weighted by Crippen LogP contribution is -1.81. The number of fused-ring (bicyclic) bond motifs is 1. The van der Waals surface area contributed by atoms with Crippen molar-refractivity contribution in [2.45, 2.75) is 7.43 Å². The zero-order valence-corrected chi connectivity index (χ0v) is 10.2. The lowest BCUT2D eigenvalue weighted by atomic mass is 10.2. The molecule has 92 valence electrons. The van der Waals surface area contributed by atoms with Crippen LogP contribution in [0.3, 0.4) is 0 Å². The molecule has 0 fully saturated rings. The average molecular weight is 257 g/mol. The molecule has 0 unspecified atom stereocenters. The molecule has 0 amide bonds. The Labute approximate surface area is 111 Å². The quantitative estimate of drug-likeness (QED) is 0.669. The number of nitrogens with zero attached hydrogens (tertiary/aromatic N) is 1. The Kier molecular flexibility index (Phi) is 3.63. The standard InChI is InChI=1S/C14H11NOS.CH4/c1-16-11-8-6-10(7-9-11)14-15-12-4-2-3-5-13(12)17-14;/h2-9H,1H3;1H4. The van der Waals surface area contributed by atoms with Crippen molar-refractivity contribution < 1.29 is 4.74 Å². The maximum Gasteiger partial charge on any atom is 0.124 e. The summed E-state index contributed by atoms with van der Waals surface area (Å²) in [6.45, 7) is 0. The molecular formula is C15H15NOS. The smallest absolute Gasteiger partial charge is 0.124 e. The van der Waals surface area contributed by atoms with E-state index < -0.39 is 0 Å². The molecular weight excluding hydrogens is 242 g/mol. The average Bonchev–Trinajstić information content (AvgIpc) is 2.82. The molecule has 3 heteroatoms. The molecule has 0 radical (unpaired) electrons. The number of rotatable bonds is 2. The third-order valence-corrected chi connectivity index (χ3v) is 3.72. The van der Waals surface area contributed by atoms with Crippen LogP contribution in [-0.4, -0.2) is 12.1 Å². The topological polar surface area (TPSA) is 22.1 Å². The zero-order chi connectivity index (χ0) is 11.7. The van der Waals surface area contributed by atoms with Crippen molar-refractivity contribution in [2.24, 2.45) is 0 Å². The minimum absolute atomic E-state index is 0. The van der Waals surface area contributed by atoms with Crippen molar-refractivity contribution in [3.63, 3.8) is 0 Å². The lowest BCUT2D eigenvalue weighted by molar-refractivity contribution is 0.415. The Bertz CT molecular complexity index is 610. The molecule has 1 aromatic heterocycles. The van der Waals surface area contributed by atoms with Gasteiger partial charge in [0.25, 0.3) is 0 Å². The van der Waals surface area contributed by atoms with E-state index in [9.17, 15) is 0 Å². The molecule has 18 heavy (non-hydrogen) atoms. The summed E-state index contributed by atoms with van der Waals surface area (Å²) in [6, 6.07) is 16.2. The Morgan fingerprint density at radius 2 is 1.72 bits per heavy atom. The van der Waals surface area contributed by atoms with Crippen molar-refractivity contribution in [3.05, 3.63) is 48.5 Å². The normalized spacial score (nSPS) is 10.1. The van der Waals surface area contributed by atoms with Gasteiger partial charge in [-0.1, -0.05) is 19.6 Å². The van der Waals surface area contributed by atoms with Crippen molar-refractivity contribution in [3.8, 4) is 16.3 Å². The Hall–Kier alpha value is -1.87. The van der Waals surface area contributed by atoms with E-state index in [4.69, 9.17) is 4.74 Å². The number of aromatic nitrogens is 1. The number of hydrogen-bond acceptors (Lipinski definition) is 3. The Morgan fingerprint density at radius 1 is 1.00 bits per heavy atom. The van der Waals surface area contributed by atoms with E-state index in [0.717, 1.165) is 21.8 Å². The van der Waals surface area contributed by atoms with Crippen molar-refractivity contribution in [2.75, 3.05) is 7.11 Å². The summed E-state index contributed by atoms with van der Waals surface area (Å²) in [4.78, 5) is 4.62. The molecule has 0 spiro atoms. The summed E-state index contributed by atoms with van der Waals surface area (Å²) in [5, 5.41) is 1.05. The monoisotopic (exact) mass is 257 g/mol. The molecule has 0 N–H and O–H groups in total. The second-order valence-corrected chi connectivity index (χ2v) is 4.75. The maximum atomic E-state index is 5.15. The number of thiazole rings is 1. The second kappa shape index (κ2) is 5.19. The fourth-order valence-corrected chi connectivity index (χ4v) is 2.70. The maximum absolute atomic E-state index is 5.15. The van der Waals surface area contributed by atoms with Gasteiger partial charge in [-0.15, -0.1) is 11.3 Å². The Morgan fingerprint density at radius 3 is 2.39 bits per heavy atom. The number of benzene rings is 2. The van der Waals surface area contributed by atoms with Crippen LogP contribution < -0.4 is 4.74 Å². The predicted octanol–water partition coefficient (Wildman–Crippen LogP) is 4.61. The molecule has 0 aliphatic carbocycles. The van der Waals surface area contributed by atoms with Crippen LogP contribution in [0.2, 0.25) is 0 Å². The molecule has 0 atom stereocenters. The third kappa shape index (κ3) is 2.22. The van der Waals surface area contributed by atoms with E-state index >= 15 is 0 Å². The summed E-state index contributed by atoms with van der Waals surface area (Å²) in [5.74, 6) is 0.870. The third-order valence-electron chi connectivity index (χ3n) is 2.63. The predicted molar refractivity (Wildman–Crippen MR) is 78.3 cm³/mol. The molecule has 2 nitrogen and oxygen atoms in total. The van der Waals surface area contributed by atoms with Gasteiger partial charge in [0.2, 0.25) is 0 Å². The van der Waals surface area contributed by atoms with Crippen LogP contribution in [0.4, 0.5) is 0 Å². The largest absolute Gasteiger partial charge is 0.497 e. The van der Waals surface area contributed by atoms with Crippen LogP contribution in [0.15, 0.2) is 48.5 Å². The van der Waals surface area contributed by atoms with E-state index in [1.165, 1.54) is 4.70 Å². The first-order valence-corrected chi connectivity index (χ1v) is 6.18. The van der Waals surface area contributed by atoms with Crippen LogP contribution in [0.1, 0.15) is 7.43 Å². The van der Waals surface area contributed by atoms with Gasteiger partial charge in [0, 0.05) is 5.56 Å². The fourth-order valence-electron chi connectivity index (χ4n) is 1.73.